The summed E-state index contributed by atoms with van der Waals surface area (Å²) in [6.07, 6.45) is -9.78. The van der Waals surface area contributed by atoms with E-state index in [4.69, 9.17) is 0 Å². The Bertz CT molecular complexity index is 983. The van der Waals surface area contributed by atoms with Crippen LogP contribution in [0.2, 0.25) is 0 Å². The molecule has 0 heterocycles. The van der Waals surface area contributed by atoms with Crippen molar-refractivity contribution < 1.29 is 44.7 Å². The molecule has 12 heteroatoms. The molecular weight excluding hydrogens is 428 g/mol. The summed E-state index contributed by atoms with van der Waals surface area (Å²) in [5, 5.41) is 3.58. The molecule has 0 fully saturated rings. The molecule has 0 aliphatic rings. The predicted molar refractivity (Wildman–Crippen MR) is 88.9 cm³/mol. The van der Waals surface area contributed by atoms with Gasteiger partial charge in [-0.25, -0.2) is 8.78 Å². The Labute approximate surface area is 163 Å². The molecule has 0 saturated heterocycles. The van der Waals surface area contributed by atoms with E-state index < -0.39 is 59.0 Å². The highest BCUT2D eigenvalue weighted by Gasteiger charge is 2.34. The molecule has 0 radical (unpaired) electrons. The third kappa shape index (κ3) is 5.67. The Morgan fingerprint density at radius 3 is 2.07 bits per heavy atom. The first kappa shape index (κ1) is 23.1. The molecule has 2 N–H and O–H groups in total. The van der Waals surface area contributed by atoms with E-state index in [0.717, 1.165) is 19.1 Å². The van der Waals surface area contributed by atoms with Crippen molar-refractivity contribution in [3.8, 4) is 0 Å². The molecule has 2 amide bonds. The molecular formula is C18H12F8N2O2. The van der Waals surface area contributed by atoms with Gasteiger partial charge < -0.3 is 10.6 Å². The Kier molecular flexibility index (Phi) is 6.38. The lowest BCUT2D eigenvalue weighted by Crippen LogP contribution is -2.33. The van der Waals surface area contributed by atoms with Crippen LogP contribution in [0.4, 0.5) is 40.8 Å². The SMILES string of the molecule is Cc1c(F)cc(C(=O)NCC(F)(F)F)cc1NC(=O)c1ccc(F)c(C(F)(F)F)c1. The lowest BCUT2D eigenvalue weighted by atomic mass is 10.1. The van der Waals surface area contributed by atoms with Crippen molar-refractivity contribution in [1.29, 1.82) is 0 Å². The highest BCUT2D eigenvalue weighted by Crippen LogP contribution is 2.32. The van der Waals surface area contributed by atoms with Crippen LogP contribution in [-0.2, 0) is 6.18 Å². The zero-order chi connectivity index (χ0) is 22.9. The van der Waals surface area contributed by atoms with Gasteiger partial charge in [-0.2, -0.15) is 26.3 Å². The van der Waals surface area contributed by atoms with Crippen LogP contribution >= 0.6 is 0 Å². The quantitative estimate of drug-likeness (QED) is 0.669. The summed E-state index contributed by atoms with van der Waals surface area (Å²) in [5.74, 6) is -5.14. The van der Waals surface area contributed by atoms with Crippen LogP contribution in [0.25, 0.3) is 0 Å². The molecule has 2 aromatic rings. The highest BCUT2D eigenvalue weighted by molar-refractivity contribution is 6.05. The first-order valence-corrected chi connectivity index (χ1v) is 8.02. The van der Waals surface area contributed by atoms with Crippen LogP contribution in [0.15, 0.2) is 30.3 Å². The average Bonchev–Trinajstić information content (AvgIpc) is 2.61. The largest absolute Gasteiger partial charge is 0.419 e. The van der Waals surface area contributed by atoms with Crippen molar-refractivity contribution in [2.45, 2.75) is 19.3 Å². The van der Waals surface area contributed by atoms with E-state index in [2.05, 4.69) is 5.32 Å². The predicted octanol–water partition coefficient (Wildman–Crippen LogP) is 4.84. The van der Waals surface area contributed by atoms with Gasteiger partial charge in [0.2, 0.25) is 0 Å². The van der Waals surface area contributed by atoms with Gasteiger partial charge in [-0.05, 0) is 37.3 Å². The molecule has 0 atom stereocenters. The number of benzene rings is 2. The second-order valence-corrected chi connectivity index (χ2v) is 6.07. The fourth-order valence-corrected chi connectivity index (χ4v) is 2.30. The van der Waals surface area contributed by atoms with Crippen molar-refractivity contribution in [3.63, 3.8) is 0 Å². The smallest absolute Gasteiger partial charge is 0.343 e. The number of rotatable bonds is 4. The molecule has 0 spiro atoms. The van der Waals surface area contributed by atoms with E-state index in [1.54, 1.807) is 0 Å². The van der Waals surface area contributed by atoms with Gasteiger partial charge in [0.05, 0.1) is 5.56 Å². The first-order valence-electron chi connectivity index (χ1n) is 8.02. The fraction of sp³-hybridized carbons (Fsp3) is 0.222. The first-order chi connectivity index (χ1) is 13.7. The number of halogens is 8. The van der Waals surface area contributed by atoms with Crippen molar-refractivity contribution in [3.05, 3.63) is 64.2 Å². The van der Waals surface area contributed by atoms with E-state index in [1.165, 1.54) is 5.32 Å². The van der Waals surface area contributed by atoms with Crippen LogP contribution in [0.3, 0.4) is 0 Å². The van der Waals surface area contributed by atoms with E-state index in [9.17, 15) is 44.7 Å². The van der Waals surface area contributed by atoms with Gasteiger partial charge in [0.15, 0.2) is 0 Å². The van der Waals surface area contributed by atoms with Crippen molar-refractivity contribution in [2.75, 3.05) is 11.9 Å². The molecule has 0 aliphatic carbocycles. The Balaban J connectivity index is 2.31. The lowest BCUT2D eigenvalue weighted by Gasteiger charge is -2.14. The fourth-order valence-electron chi connectivity index (χ4n) is 2.30. The van der Waals surface area contributed by atoms with Crippen molar-refractivity contribution in [1.82, 2.24) is 5.32 Å². The lowest BCUT2D eigenvalue weighted by molar-refractivity contribution is -0.140. The standard InChI is InChI=1S/C18H12F8N2O2/c1-8-13(20)5-10(15(29)27-7-17(21,22)23)6-14(8)28-16(30)9-2-3-12(19)11(4-9)18(24,25)26/h2-6H,7H2,1H3,(H,27,29)(H,28,30). The summed E-state index contributed by atoms with van der Waals surface area (Å²) in [7, 11) is 0. The van der Waals surface area contributed by atoms with E-state index in [0.29, 0.717) is 12.1 Å². The second kappa shape index (κ2) is 8.28. The van der Waals surface area contributed by atoms with Gasteiger partial charge in [0, 0.05) is 22.4 Å². The summed E-state index contributed by atoms with van der Waals surface area (Å²) < 4.78 is 102. The molecule has 2 rings (SSSR count). The third-order valence-electron chi connectivity index (χ3n) is 3.84. The van der Waals surface area contributed by atoms with Gasteiger partial charge in [0.25, 0.3) is 11.8 Å². The third-order valence-corrected chi connectivity index (χ3v) is 3.84. The highest BCUT2D eigenvalue weighted by atomic mass is 19.4. The van der Waals surface area contributed by atoms with Crippen LogP contribution in [0, 0.1) is 18.6 Å². The number of alkyl halides is 6. The maximum atomic E-state index is 14.0. The van der Waals surface area contributed by atoms with Crippen molar-refractivity contribution in [2.24, 2.45) is 0 Å². The minimum absolute atomic E-state index is 0.228. The summed E-state index contributed by atoms with van der Waals surface area (Å²) in [5.41, 5.74) is -3.47. The second-order valence-electron chi connectivity index (χ2n) is 6.07. The Morgan fingerprint density at radius 1 is 0.867 bits per heavy atom. The molecule has 0 bridgehead atoms. The molecule has 0 aromatic heterocycles. The van der Waals surface area contributed by atoms with Crippen molar-refractivity contribution >= 4 is 17.5 Å². The maximum Gasteiger partial charge on any atom is 0.419 e. The zero-order valence-corrected chi connectivity index (χ0v) is 14.9. The maximum absolute atomic E-state index is 14.0. The summed E-state index contributed by atoms with van der Waals surface area (Å²) in [4.78, 5) is 24.0. The topological polar surface area (TPSA) is 58.2 Å². The summed E-state index contributed by atoms with van der Waals surface area (Å²) >= 11 is 0. The van der Waals surface area contributed by atoms with Crippen LogP contribution in [0.1, 0.15) is 31.8 Å². The summed E-state index contributed by atoms with van der Waals surface area (Å²) in [6, 6.07) is 2.92. The van der Waals surface area contributed by atoms with Gasteiger partial charge in [-0.1, -0.05) is 0 Å². The molecule has 30 heavy (non-hydrogen) atoms. The molecule has 0 saturated carbocycles. The molecule has 0 aliphatic heterocycles. The Morgan fingerprint density at radius 2 is 1.50 bits per heavy atom. The number of carbonyl (C=O) groups excluding carboxylic acids is 2. The molecule has 162 valence electrons. The number of amides is 2. The number of hydrogen-bond donors (Lipinski definition) is 2. The van der Waals surface area contributed by atoms with E-state index >= 15 is 0 Å². The monoisotopic (exact) mass is 440 g/mol. The minimum Gasteiger partial charge on any atom is -0.343 e. The van der Waals surface area contributed by atoms with E-state index in [1.807, 2.05) is 0 Å². The van der Waals surface area contributed by atoms with Crippen LogP contribution in [0.5, 0.6) is 0 Å². The van der Waals surface area contributed by atoms with E-state index in [-0.39, 0.29) is 17.3 Å². The number of anilines is 1. The van der Waals surface area contributed by atoms with Gasteiger partial charge in [-0.15, -0.1) is 0 Å². The number of hydrogen-bond acceptors (Lipinski definition) is 2. The molecule has 2 aromatic carbocycles. The van der Waals surface area contributed by atoms with Gasteiger partial charge in [0.1, 0.15) is 18.2 Å². The Hall–Kier alpha value is -3.18. The van der Waals surface area contributed by atoms with Crippen LogP contribution < -0.4 is 10.6 Å². The number of carbonyl (C=O) groups is 2. The molecule has 4 nitrogen and oxygen atoms in total. The number of nitrogens with one attached hydrogen (secondary N) is 2. The van der Waals surface area contributed by atoms with Crippen LogP contribution in [-0.4, -0.2) is 24.5 Å². The minimum atomic E-state index is -5.07. The zero-order valence-electron chi connectivity index (χ0n) is 14.9. The summed E-state index contributed by atoms with van der Waals surface area (Å²) in [6.45, 7) is -0.521. The average molecular weight is 440 g/mol. The van der Waals surface area contributed by atoms with Gasteiger partial charge in [-0.3, -0.25) is 9.59 Å². The van der Waals surface area contributed by atoms with Gasteiger partial charge >= 0.3 is 12.4 Å². The normalized spacial score (nSPS) is 11.9. The molecule has 0 unspecified atom stereocenters.